The summed E-state index contributed by atoms with van der Waals surface area (Å²) in [5, 5.41) is 9.26. The molecule has 9 heteroatoms. The lowest BCUT2D eigenvalue weighted by atomic mass is 10.1. The molecule has 1 aliphatic rings. The molecule has 0 radical (unpaired) electrons. The number of ether oxygens (including phenoxy) is 3. The molecule has 1 N–H and O–H groups in total. The van der Waals surface area contributed by atoms with E-state index < -0.39 is 11.4 Å². The molecule has 1 aliphatic heterocycles. The molecule has 0 unspecified atom stereocenters. The lowest BCUT2D eigenvalue weighted by molar-refractivity contribution is 0.0694. The number of pyridine rings is 2. The molecule has 0 fully saturated rings. The average Bonchev–Trinajstić information content (AvgIpc) is 2.83. The largest absolute Gasteiger partial charge is 0.490 e. The minimum atomic E-state index is -1.28. The minimum Gasteiger partial charge on any atom is -0.490 e. The summed E-state index contributed by atoms with van der Waals surface area (Å²) in [6.07, 6.45) is 1.99. The summed E-state index contributed by atoms with van der Waals surface area (Å²) in [6, 6.07) is 2.86. The van der Waals surface area contributed by atoms with E-state index in [4.69, 9.17) is 30.9 Å². The number of carboxylic acid groups (broad SMARTS) is 1. The second-order valence-electron chi connectivity index (χ2n) is 7.33. The molecule has 3 rings (SSSR count). The first kappa shape index (κ1) is 23.7. The Kier molecular flexibility index (Phi) is 8.68. The van der Waals surface area contributed by atoms with E-state index in [-0.39, 0.29) is 17.3 Å². The quantitative estimate of drug-likeness (QED) is 0.541. The number of carbonyl (C=O) groups is 1. The van der Waals surface area contributed by atoms with Crippen molar-refractivity contribution in [3.05, 3.63) is 39.3 Å². The molecule has 0 amide bonds. The average molecular weight is 439 g/mol. The van der Waals surface area contributed by atoms with Gasteiger partial charge in [0.1, 0.15) is 17.9 Å². The van der Waals surface area contributed by atoms with E-state index in [1.54, 1.807) is 17.7 Å². The van der Waals surface area contributed by atoms with Crippen LogP contribution in [0.4, 0.5) is 0 Å². The molecule has 0 aromatic carbocycles. The van der Waals surface area contributed by atoms with Crippen molar-refractivity contribution in [1.29, 1.82) is 0 Å². The number of methoxy groups -OCH3 is 1. The first-order valence-electron chi connectivity index (χ1n) is 9.67. The van der Waals surface area contributed by atoms with Gasteiger partial charge < -0.3 is 23.9 Å². The van der Waals surface area contributed by atoms with E-state index in [0.29, 0.717) is 49.1 Å². The van der Waals surface area contributed by atoms with Gasteiger partial charge in [0.15, 0.2) is 22.1 Å². The number of aromatic nitrogens is 2. The summed E-state index contributed by atoms with van der Waals surface area (Å²) >= 11 is 6.21. The predicted molar refractivity (Wildman–Crippen MR) is 114 cm³/mol. The first-order chi connectivity index (χ1) is 14.2. The van der Waals surface area contributed by atoms with Gasteiger partial charge in [0.2, 0.25) is 0 Å². The van der Waals surface area contributed by atoms with Crippen LogP contribution in [0.5, 0.6) is 11.5 Å². The van der Waals surface area contributed by atoms with Crippen LogP contribution in [0.1, 0.15) is 37.6 Å². The van der Waals surface area contributed by atoms with E-state index in [1.807, 2.05) is 0 Å². The topological polar surface area (TPSA) is 99.9 Å². The highest BCUT2D eigenvalue weighted by atomic mass is 35.5. The van der Waals surface area contributed by atoms with Crippen LogP contribution in [0.25, 0.3) is 11.4 Å². The summed E-state index contributed by atoms with van der Waals surface area (Å²) in [4.78, 5) is 27.6. The van der Waals surface area contributed by atoms with Crippen LogP contribution in [0.2, 0.25) is 5.15 Å². The highest BCUT2D eigenvalue weighted by Gasteiger charge is 2.22. The minimum absolute atomic E-state index is 0.132. The monoisotopic (exact) mass is 438 g/mol. The standard InChI is InChI=1S/C17H17ClN2O6.C4H10/c1-24-4-2-5-25-14-8-13-15(19-16(14)18)11-7-12(21)10(17(22)23)9-20(11)3-6-26-13;1-4(2)3/h7-9H,2-6H2,1H3,(H,22,23);4H,1-3H3. The zero-order chi connectivity index (χ0) is 22.3. The van der Waals surface area contributed by atoms with Gasteiger partial charge in [-0.05, 0) is 5.92 Å². The molecule has 3 heterocycles. The third-order valence-corrected chi connectivity index (χ3v) is 4.12. The van der Waals surface area contributed by atoms with Crippen LogP contribution in [0.3, 0.4) is 0 Å². The molecule has 30 heavy (non-hydrogen) atoms. The molecular formula is C21H27ClN2O6. The fourth-order valence-electron chi connectivity index (χ4n) is 2.61. The summed E-state index contributed by atoms with van der Waals surface area (Å²) in [6.45, 7) is 8.13. The predicted octanol–water partition coefficient (Wildman–Crippen LogP) is 3.73. The molecule has 0 atom stereocenters. The van der Waals surface area contributed by atoms with E-state index >= 15 is 0 Å². The molecule has 2 aromatic heterocycles. The Morgan fingerprint density at radius 3 is 2.67 bits per heavy atom. The SMILES string of the molecule is CC(C)C.COCCCOc1cc2c(nc1Cl)-c1cc(=O)c(C(=O)O)cn1CCO2. The Morgan fingerprint density at radius 2 is 2.03 bits per heavy atom. The van der Waals surface area contributed by atoms with Gasteiger partial charge in [0.05, 0.1) is 18.8 Å². The molecular weight excluding hydrogens is 412 g/mol. The number of nitrogens with zero attached hydrogens (tertiary/aromatic N) is 2. The van der Waals surface area contributed by atoms with E-state index in [1.165, 1.54) is 12.3 Å². The van der Waals surface area contributed by atoms with Crippen LogP contribution in [0, 0.1) is 5.92 Å². The Labute approximate surface area is 180 Å². The van der Waals surface area contributed by atoms with Gasteiger partial charge in [-0.15, -0.1) is 0 Å². The van der Waals surface area contributed by atoms with Gasteiger partial charge in [0.25, 0.3) is 0 Å². The smallest absolute Gasteiger partial charge is 0.341 e. The van der Waals surface area contributed by atoms with Crippen molar-refractivity contribution >= 4 is 17.6 Å². The Hall–Kier alpha value is -2.58. The summed E-state index contributed by atoms with van der Waals surface area (Å²) in [7, 11) is 1.61. The molecule has 2 aromatic rings. The molecule has 0 spiro atoms. The lowest BCUT2D eigenvalue weighted by Gasteiger charge is -2.13. The number of rotatable bonds is 6. The van der Waals surface area contributed by atoms with Gasteiger partial charge in [-0.3, -0.25) is 4.79 Å². The number of fused-ring (bicyclic) bond motifs is 3. The van der Waals surface area contributed by atoms with Crippen molar-refractivity contribution in [2.24, 2.45) is 5.92 Å². The van der Waals surface area contributed by atoms with E-state index in [2.05, 4.69) is 25.8 Å². The van der Waals surface area contributed by atoms with Crippen LogP contribution in [-0.4, -0.2) is 47.6 Å². The zero-order valence-corrected chi connectivity index (χ0v) is 18.4. The number of aromatic carboxylic acids is 1. The summed E-state index contributed by atoms with van der Waals surface area (Å²) in [5.74, 6) is 0.353. The Morgan fingerprint density at radius 1 is 1.33 bits per heavy atom. The van der Waals surface area contributed by atoms with E-state index in [9.17, 15) is 9.59 Å². The highest BCUT2D eigenvalue weighted by Crippen LogP contribution is 2.36. The van der Waals surface area contributed by atoms with Crippen LogP contribution < -0.4 is 14.9 Å². The molecule has 164 valence electrons. The van der Waals surface area contributed by atoms with Crippen molar-refractivity contribution in [1.82, 2.24) is 9.55 Å². The fourth-order valence-corrected chi connectivity index (χ4v) is 2.81. The Balaban J connectivity index is 0.000000735. The number of hydrogen-bond donors (Lipinski definition) is 1. The second kappa shape index (κ2) is 11.0. The normalized spacial score (nSPS) is 12.1. The molecule has 8 nitrogen and oxygen atoms in total. The van der Waals surface area contributed by atoms with E-state index in [0.717, 1.165) is 5.92 Å². The van der Waals surface area contributed by atoms with Gasteiger partial charge in [0, 0.05) is 38.5 Å². The van der Waals surface area contributed by atoms with Crippen molar-refractivity contribution in [2.75, 3.05) is 26.9 Å². The molecule has 0 saturated heterocycles. The number of halogens is 1. The van der Waals surface area contributed by atoms with Crippen LogP contribution in [0.15, 0.2) is 23.1 Å². The summed E-state index contributed by atoms with van der Waals surface area (Å²) in [5.41, 5.74) is -0.0954. The van der Waals surface area contributed by atoms with Crippen molar-refractivity contribution in [3.8, 4) is 22.9 Å². The second-order valence-corrected chi connectivity index (χ2v) is 7.69. The maximum absolute atomic E-state index is 12.1. The van der Waals surface area contributed by atoms with Gasteiger partial charge >= 0.3 is 5.97 Å². The third kappa shape index (κ3) is 6.21. The number of carboxylic acids is 1. The zero-order valence-electron chi connectivity index (χ0n) is 17.6. The van der Waals surface area contributed by atoms with Crippen molar-refractivity contribution in [3.63, 3.8) is 0 Å². The fraction of sp³-hybridized carbons (Fsp3) is 0.476. The van der Waals surface area contributed by atoms with Crippen molar-refractivity contribution in [2.45, 2.75) is 33.7 Å². The first-order valence-corrected chi connectivity index (χ1v) is 10.1. The van der Waals surface area contributed by atoms with Gasteiger partial charge in [-0.1, -0.05) is 32.4 Å². The third-order valence-electron chi connectivity index (χ3n) is 3.85. The maximum atomic E-state index is 12.1. The lowest BCUT2D eigenvalue weighted by Crippen LogP contribution is -2.19. The molecule has 0 bridgehead atoms. The van der Waals surface area contributed by atoms with Crippen molar-refractivity contribution < 1.29 is 24.1 Å². The maximum Gasteiger partial charge on any atom is 0.341 e. The number of hydrogen-bond acceptors (Lipinski definition) is 6. The molecule has 0 aliphatic carbocycles. The van der Waals surface area contributed by atoms with Gasteiger partial charge in [-0.2, -0.15) is 0 Å². The van der Waals surface area contributed by atoms with Crippen LogP contribution in [-0.2, 0) is 11.3 Å². The van der Waals surface area contributed by atoms with Gasteiger partial charge in [-0.25, -0.2) is 9.78 Å². The Bertz CT molecular complexity index is 939. The molecule has 0 saturated carbocycles. The summed E-state index contributed by atoms with van der Waals surface area (Å²) < 4.78 is 17.9. The highest BCUT2D eigenvalue weighted by molar-refractivity contribution is 6.31. The van der Waals surface area contributed by atoms with Crippen LogP contribution >= 0.6 is 11.6 Å².